The average molecular weight is 766 g/mol. The Morgan fingerprint density at radius 2 is 1.56 bits per heavy atom. The molecule has 0 radical (unpaired) electrons. The molecule has 1 atom stereocenters. The Balaban J connectivity index is 1.30. The third kappa shape index (κ3) is 10.1. The highest BCUT2D eigenvalue weighted by Gasteiger charge is 2.31. The number of nitrogens with zero attached hydrogens (tertiary/aromatic N) is 5. The fourth-order valence-corrected chi connectivity index (χ4v) is 6.75. The Morgan fingerprint density at radius 3 is 2.19 bits per heavy atom. The van der Waals surface area contributed by atoms with Crippen molar-refractivity contribution in [2.24, 2.45) is 0 Å². The van der Waals surface area contributed by atoms with Gasteiger partial charge in [0.25, 0.3) is 5.91 Å². The van der Waals surface area contributed by atoms with Gasteiger partial charge in [0.2, 0.25) is 11.7 Å². The Labute approximate surface area is 310 Å². The molecule has 5 rings (SSSR count). The molecule has 0 bridgehead atoms. The molecule has 1 aromatic heterocycles. The van der Waals surface area contributed by atoms with Crippen molar-refractivity contribution >= 4 is 22.9 Å². The van der Waals surface area contributed by atoms with Crippen LogP contribution in [-0.2, 0) is 17.5 Å². The van der Waals surface area contributed by atoms with Crippen molar-refractivity contribution in [3.8, 4) is 17.2 Å². The van der Waals surface area contributed by atoms with Gasteiger partial charge in [0, 0.05) is 51.3 Å². The molecule has 294 valence electrons. The van der Waals surface area contributed by atoms with Crippen LogP contribution < -0.4 is 19.1 Å². The van der Waals surface area contributed by atoms with Crippen molar-refractivity contribution in [1.82, 2.24) is 19.4 Å². The Morgan fingerprint density at radius 1 is 0.870 bits per heavy atom. The largest absolute Gasteiger partial charge is 0.493 e. The lowest BCUT2D eigenvalue weighted by Gasteiger charge is -2.28. The summed E-state index contributed by atoms with van der Waals surface area (Å²) in [5.74, 6) is 0.988. The summed E-state index contributed by atoms with van der Waals surface area (Å²) in [6.45, 7) is 2.22. The van der Waals surface area contributed by atoms with Crippen LogP contribution in [0.15, 0.2) is 60.7 Å². The molecule has 4 aromatic rings. The second kappa shape index (κ2) is 17.6. The second-order valence-corrected chi connectivity index (χ2v) is 13.1. The molecule has 16 heteroatoms. The predicted octanol–water partition coefficient (Wildman–Crippen LogP) is 7.12. The number of anilines is 1. The van der Waals surface area contributed by atoms with Crippen LogP contribution in [-0.4, -0.2) is 112 Å². The van der Waals surface area contributed by atoms with E-state index in [1.807, 2.05) is 28.8 Å². The molecule has 54 heavy (non-hydrogen) atoms. The number of amides is 1. The third-order valence-electron chi connectivity index (χ3n) is 9.49. The van der Waals surface area contributed by atoms with Gasteiger partial charge in [-0.3, -0.25) is 4.79 Å². The molecule has 1 fully saturated rings. The van der Waals surface area contributed by atoms with Crippen LogP contribution in [0.1, 0.15) is 40.2 Å². The van der Waals surface area contributed by atoms with Crippen LogP contribution in [0.25, 0.3) is 11.0 Å². The number of aromatic nitrogens is 2. The maximum absolute atomic E-state index is 13.7. The van der Waals surface area contributed by atoms with E-state index in [2.05, 4.69) is 9.80 Å². The van der Waals surface area contributed by atoms with E-state index in [1.54, 1.807) is 19.2 Å². The lowest BCUT2D eigenvalue weighted by Crippen LogP contribution is -2.35. The first-order valence-corrected chi connectivity index (χ1v) is 17.5. The number of hydrogen-bond acceptors (Lipinski definition) is 8. The molecule has 0 spiro atoms. The SMILES string of the molecule is COc1cc(C(=O)N(C)CC(CCN2CCCN(c3nc4ccccc4n3CCOCC(F)(F)F)CC2)c2ccc(C(F)(F)F)cc2)cc(OC)c1OC. The van der Waals surface area contributed by atoms with Gasteiger partial charge in [-0.1, -0.05) is 24.3 Å². The fraction of sp³-hybridized carbons (Fsp3) is 0.474. The number of alkyl halides is 6. The third-order valence-corrected chi connectivity index (χ3v) is 9.49. The van der Waals surface area contributed by atoms with Crippen molar-refractivity contribution in [3.05, 3.63) is 77.4 Å². The summed E-state index contributed by atoms with van der Waals surface area (Å²) in [6, 6.07) is 15.6. The van der Waals surface area contributed by atoms with Gasteiger partial charge in [0.05, 0.1) is 44.5 Å². The molecule has 10 nitrogen and oxygen atoms in total. The average Bonchev–Trinajstić information content (AvgIpc) is 3.34. The van der Waals surface area contributed by atoms with Crippen LogP contribution in [0.3, 0.4) is 0 Å². The first kappa shape index (κ1) is 40.5. The highest BCUT2D eigenvalue weighted by molar-refractivity contribution is 5.95. The Hall–Kier alpha value is -4.70. The van der Waals surface area contributed by atoms with E-state index in [0.717, 1.165) is 36.1 Å². The number of hydrogen-bond donors (Lipinski definition) is 0. The van der Waals surface area contributed by atoms with Crippen LogP contribution in [0.5, 0.6) is 17.2 Å². The molecule has 1 aliphatic rings. The summed E-state index contributed by atoms with van der Waals surface area (Å²) in [5, 5.41) is 0. The summed E-state index contributed by atoms with van der Waals surface area (Å²) in [4.78, 5) is 24.5. The van der Waals surface area contributed by atoms with Crippen molar-refractivity contribution in [1.29, 1.82) is 0 Å². The minimum absolute atomic E-state index is 0.130. The second-order valence-electron chi connectivity index (χ2n) is 13.1. The van der Waals surface area contributed by atoms with Gasteiger partial charge in [-0.25, -0.2) is 4.98 Å². The zero-order chi connectivity index (χ0) is 39.0. The quantitative estimate of drug-likeness (QED) is 0.0936. The Bertz CT molecular complexity index is 1820. The topological polar surface area (TPSA) is 81.5 Å². The van der Waals surface area contributed by atoms with Crippen molar-refractivity contribution in [2.45, 2.75) is 37.7 Å². The lowest BCUT2D eigenvalue weighted by atomic mass is 9.93. The molecule has 1 aliphatic heterocycles. The molecular weight excluding hydrogens is 720 g/mol. The number of ether oxygens (including phenoxy) is 4. The van der Waals surface area contributed by atoms with E-state index in [4.69, 9.17) is 23.9 Å². The summed E-state index contributed by atoms with van der Waals surface area (Å²) in [5.41, 5.74) is 1.74. The number of methoxy groups -OCH3 is 3. The summed E-state index contributed by atoms with van der Waals surface area (Å²) in [6.07, 6.45) is -7.57. The maximum Gasteiger partial charge on any atom is 0.416 e. The van der Waals surface area contributed by atoms with E-state index in [9.17, 15) is 31.1 Å². The zero-order valence-corrected chi connectivity index (χ0v) is 30.7. The maximum atomic E-state index is 13.7. The van der Waals surface area contributed by atoms with Gasteiger partial charge in [0.15, 0.2) is 11.5 Å². The lowest BCUT2D eigenvalue weighted by molar-refractivity contribution is -0.174. The molecule has 2 heterocycles. The fourth-order valence-electron chi connectivity index (χ4n) is 6.75. The number of carbonyl (C=O) groups excluding carboxylic acids is 1. The number of rotatable bonds is 15. The minimum atomic E-state index is -4.48. The number of likely N-dealkylation sites (N-methyl/N-ethyl adjacent to an activating group) is 1. The molecule has 3 aromatic carbocycles. The van der Waals surface area contributed by atoms with Crippen LogP contribution in [0.4, 0.5) is 32.3 Å². The standard InChI is InChI=1S/C38H45F6N5O5/c1-46(35(50)28-22-32(51-2)34(53-4)33(23-28)52-3)24-27(26-10-12-29(13-11-26)38(42,43)44)14-17-47-15-7-16-48(19-18-47)36-45-30-8-5-6-9-31(30)49(36)20-21-54-25-37(39,40)41/h5-6,8-13,22-23,27H,7,14-21,24-25H2,1-4H3. The van der Waals surface area contributed by atoms with Gasteiger partial charge in [0.1, 0.15) is 6.61 Å². The summed E-state index contributed by atoms with van der Waals surface area (Å²) < 4.78 is 101. The van der Waals surface area contributed by atoms with Crippen LogP contribution in [0.2, 0.25) is 0 Å². The summed E-state index contributed by atoms with van der Waals surface area (Å²) >= 11 is 0. The highest BCUT2D eigenvalue weighted by atomic mass is 19.4. The number of fused-ring (bicyclic) bond motifs is 1. The van der Waals surface area contributed by atoms with Gasteiger partial charge in [-0.15, -0.1) is 0 Å². The van der Waals surface area contributed by atoms with E-state index in [-0.39, 0.29) is 31.5 Å². The van der Waals surface area contributed by atoms with Gasteiger partial charge in [-0.05, 0) is 67.9 Å². The van der Waals surface area contributed by atoms with E-state index >= 15 is 0 Å². The molecule has 0 saturated carbocycles. The first-order valence-electron chi connectivity index (χ1n) is 17.5. The Kier molecular flexibility index (Phi) is 13.2. The normalized spacial score (nSPS) is 14.9. The molecule has 0 N–H and O–H groups in total. The van der Waals surface area contributed by atoms with Gasteiger partial charge >= 0.3 is 12.4 Å². The molecule has 1 amide bonds. The first-order chi connectivity index (χ1) is 25.7. The van der Waals surface area contributed by atoms with Crippen LogP contribution >= 0.6 is 0 Å². The predicted molar refractivity (Wildman–Crippen MR) is 192 cm³/mol. The number of para-hydroxylation sites is 2. The van der Waals surface area contributed by atoms with E-state index in [1.165, 1.54) is 38.4 Å². The number of imidazole rings is 1. The zero-order valence-electron chi connectivity index (χ0n) is 30.7. The monoisotopic (exact) mass is 765 g/mol. The van der Waals surface area contributed by atoms with Crippen molar-refractivity contribution in [2.75, 3.05) is 85.8 Å². The van der Waals surface area contributed by atoms with Gasteiger partial charge < -0.3 is 38.2 Å². The van der Waals surface area contributed by atoms with E-state index < -0.39 is 24.5 Å². The van der Waals surface area contributed by atoms with Gasteiger partial charge in [-0.2, -0.15) is 26.3 Å². The summed E-state index contributed by atoms with van der Waals surface area (Å²) in [7, 11) is 6.01. The number of benzene rings is 3. The van der Waals surface area contributed by atoms with E-state index in [0.29, 0.717) is 66.9 Å². The van der Waals surface area contributed by atoms with Crippen LogP contribution in [0, 0.1) is 0 Å². The minimum Gasteiger partial charge on any atom is -0.493 e. The molecule has 1 saturated heterocycles. The van der Waals surface area contributed by atoms with Crippen molar-refractivity contribution in [3.63, 3.8) is 0 Å². The molecular formula is C38H45F6N5O5. The molecule has 1 unspecified atom stereocenters. The molecule has 0 aliphatic carbocycles. The number of halogens is 6. The smallest absolute Gasteiger partial charge is 0.416 e. The van der Waals surface area contributed by atoms with Crippen molar-refractivity contribution < 1.29 is 50.1 Å². The highest BCUT2D eigenvalue weighted by Crippen LogP contribution is 2.39. The number of carbonyl (C=O) groups is 1.